The van der Waals surface area contributed by atoms with Gasteiger partial charge in [0.25, 0.3) is 17.5 Å². The van der Waals surface area contributed by atoms with E-state index in [-0.39, 0.29) is 16.1 Å². The van der Waals surface area contributed by atoms with Crippen LogP contribution in [0.4, 0.5) is 5.69 Å². The van der Waals surface area contributed by atoms with Gasteiger partial charge in [0.2, 0.25) is 0 Å². The van der Waals surface area contributed by atoms with E-state index in [0.29, 0.717) is 24.0 Å². The van der Waals surface area contributed by atoms with Crippen LogP contribution in [-0.4, -0.2) is 30.5 Å². The maximum absolute atomic E-state index is 12.4. The van der Waals surface area contributed by atoms with Crippen LogP contribution < -0.4 is 20.3 Å². The molecule has 0 saturated heterocycles. The van der Waals surface area contributed by atoms with E-state index >= 15 is 0 Å². The number of halogens is 1. The zero-order valence-electron chi connectivity index (χ0n) is 16.7. The van der Waals surface area contributed by atoms with Crippen LogP contribution in [0.15, 0.2) is 36.4 Å². The number of nitrogens with one attached hydrogen (secondary N) is 2. The number of carbonyl (C=O) groups is 2. The molecule has 0 aliphatic carbocycles. The summed E-state index contributed by atoms with van der Waals surface area (Å²) < 4.78 is 10.9. The van der Waals surface area contributed by atoms with Gasteiger partial charge in [-0.25, -0.2) is 0 Å². The number of rotatable bonds is 8. The lowest BCUT2D eigenvalue weighted by molar-refractivity contribution is -0.385. The van der Waals surface area contributed by atoms with E-state index in [1.54, 1.807) is 6.07 Å². The molecule has 0 spiro atoms. The molecule has 0 radical (unpaired) electrons. The molecule has 0 aliphatic rings. The number of amides is 2. The summed E-state index contributed by atoms with van der Waals surface area (Å²) in [6.07, 6.45) is 0.869. The van der Waals surface area contributed by atoms with Gasteiger partial charge in [0.1, 0.15) is 5.56 Å². The fourth-order valence-electron chi connectivity index (χ4n) is 2.43. The SMILES string of the molecule is COc1cc(C(=O)NNC(=O)c2ccc(Cl)cc2[N+](=O)[O-])ccc1OCCC(C)C. The minimum Gasteiger partial charge on any atom is -0.493 e. The number of nitro benzene ring substituents is 1. The molecule has 0 aromatic heterocycles. The lowest BCUT2D eigenvalue weighted by Crippen LogP contribution is -2.41. The monoisotopic (exact) mass is 435 g/mol. The third-order valence-corrected chi connectivity index (χ3v) is 4.30. The molecule has 2 amide bonds. The second-order valence-corrected chi connectivity index (χ2v) is 7.16. The van der Waals surface area contributed by atoms with Gasteiger partial charge in [-0.1, -0.05) is 25.4 Å². The lowest BCUT2D eigenvalue weighted by Gasteiger charge is -2.13. The molecule has 0 fully saturated rings. The Balaban J connectivity index is 2.06. The van der Waals surface area contributed by atoms with Crippen LogP contribution in [0, 0.1) is 16.0 Å². The fraction of sp³-hybridized carbons (Fsp3) is 0.300. The molecule has 160 valence electrons. The minimum absolute atomic E-state index is 0.116. The number of hydrogen-bond donors (Lipinski definition) is 2. The Bertz CT molecular complexity index is 948. The van der Waals surface area contributed by atoms with Crippen molar-refractivity contribution in [1.29, 1.82) is 0 Å². The van der Waals surface area contributed by atoms with Crippen molar-refractivity contribution >= 4 is 29.1 Å². The van der Waals surface area contributed by atoms with E-state index in [1.165, 1.54) is 31.4 Å². The number of hydrogen-bond acceptors (Lipinski definition) is 6. The van der Waals surface area contributed by atoms with E-state index in [1.807, 2.05) is 0 Å². The van der Waals surface area contributed by atoms with Gasteiger partial charge < -0.3 is 9.47 Å². The van der Waals surface area contributed by atoms with Crippen molar-refractivity contribution in [3.8, 4) is 11.5 Å². The van der Waals surface area contributed by atoms with Crippen molar-refractivity contribution in [2.45, 2.75) is 20.3 Å². The third-order valence-electron chi connectivity index (χ3n) is 4.07. The quantitative estimate of drug-likeness (QED) is 0.481. The van der Waals surface area contributed by atoms with Crippen LogP contribution in [0.25, 0.3) is 0 Å². The van der Waals surface area contributed by atoms with Crippen molar-refractivity contribution < 1.29 is 24.0 Å². The first-order chi connectivity index (χ1) is 14.2. The smallest absolute Gasteiger partial charge is 0.283 e. The van der Waals surface area contributed by atoms with Crippen molar-refractivity contribution in [2.75, 3.05) is 13.7 Å². The van der Waals surface area contributed by atoms with Crippen LogP contribution in [0.2, 0.25) is 5.02 Å². The number of nitro groups is 1. The number of carbonyl (C=O) groups excluding carboxylic acids is 2. The zero-order valence-corrected chi connectivity index (χ0v) is 17.5. The van der Waals surface area contributed by atoms with E-state index in [0.717, 1.165) is 12.5 Å². The van der Waals surface area contributed by atoms with Gasteiger partial charge in [-0.2, -0.15) is 0 Å². The molecule has 0 aliphatic heterocycles. The molecule has 9 nitrogen and oxygen atoms in total. The van der Waals surface area contributed by atoms with Crippen molar-refractivity contribution in [2.24, 2.45) is 5.92 Å². The van der Waals surface area contributed by atoms with Crippen LogP contribution in [-0.2, 0) is 0 Å². The molecule has 0 bridgehead atoms. The molecular formula is C20H22ClN3O6. The average Bonchev–Trinajstić information content (AvgIpc) is 2.71. The molecule has 2 aromatic carbocycles. The zero-order chi connectivity index (χ0) is 22.3. The second-order valence-electron chi connectivity index (χ2n) is 6.72. The Morgan fingerprint density at radius 3 is 2.43 bits per heavy atom. The fourth-order valence-corrected chi connectivity index (χ4v) is 2.60. The van der Waals surface area contributed by atoms with E-state index in [2.05, 4.69) is 24.7 Å². The summed E-state index contributed by atoms with van der Waals surface area (Å²) in [5, 5.41) is 11.2. The summed E-state index contributed by atoms with van der Waals surface area (Å²) in [7, 11) is 1.45. The van der Waals surface area contributed by atoms with Crippen molar-refractivity contribution in [1.82, 2.24) is 10.9 Å². The van der Waals surface area contributed by atoms with Gasteiger partial charge in [-0.15, -0.1) is 0 Å². The molecule has 30 heavy (non-hydrogen) atoms. The second kappa shape index (κ2) is 10.4. The summed E-state index contributed by atoms with van der Waals surface area (Å²) >= 11 is 5.73. The highest BCUT2D eigenvalue weighted by Gasteiger charge is 2.21. The minimum atomic E-state index is -0.854. The van der Waals surface area contributed by atoms with Gasteiger partial charge in [0.05, 0.1) is 18.6 Å². The molecule has 0 heterocycles. The van der Waals surface area contributed by atoms with Crippen LogP contribution in [0.1, 0.15) is 41.0 Å². The highest BCUT2D eigenvalue weighted by atomic mass is 35.5. The van der Waals surface area contributed by atoms with Gasteiger partial charge >= 0.3 is 0 Å². The first-order valence-corrected chi connectivity index (χ1v) is 9.46. The van der Waals surface area contributed by atoms with Gasteiger partial charge in [0, 0.05) is 16.7 Å². The highest BCUT2D eigenvalue weighted by Crippen LogP contribution is 2.28. The van der Waals surface area contributed by atoms with E-state index < -0.39 is 22.4 Å². The number of methoxy groups -OCH3 is 1. The van der Waals surface area contributed by atoms with Crippen LogP contribution >= 0.6 is 11.6 Å². The molecule has 10 heteroatoms. The largest absolute Gasteiger partial charge is 0.493 e. The average molecular weight is 436 g/mol. The molecular weight excluding hydrogens is 414 g/mol. The van der Waals surface area contributed by atoms with E-state index in [9.17, 15) is 19.7 Å². The number of benzene rings is 2. The molecule has 2 aromatic rings. The first-order valence-electron chi connectivity index (χ1n) is 9.08. The topological polar surface area (TPSA) is 120 Å². The van der Waals surface area contributed by atoms with Crippen molar-refractivity contribution in [3.63, 3.8) is 0 Å². The molecule has 0 atom stereocenters. The van der Waals surface area contributed by atoms with Gasteiger partial charge in [-0.05, 0) is 42.7 Å². The Morgan fingerprint density at radius 2 is 1.80 bits per heavy atom. The normalized spacial score (nSPS) is 10.4. The summed E-state index contributed by atoms with van der Waals surface area (Å²) in [6, 6.07) is 8.18. The molecule has 0 saturated carbocycles. The highest BCUT2D eigenvalue weighted by molar-refractivity contribution is 6.31. The molecule has 2 N–H and O–H groups in total. The lowest BCUT2D eigenvalue weighted by atomic mass is 10.1. The number of hydrazine groups is 1. The number of nitrogens with zero attached hydrogens (tertiary/aromatic N) is 1. The summed E-state index contributed by atoms with van der Waals surface area (Å²) in [4.78, 5) is 35.0. The maximum atomic E-state index is 12.4. The Labute approximate surface area is 178 Å². The Morgan fingerprint density at radius 1 is 1.10 bits per heavy atom. The van der Waals surface area contributed by atoms with Crippen molar-refractivity contribution in [3.05, 3.63) is 62.7 Å². The Kier molecular flexibility index (Phi) is 7.99. The Hall–Kier alpha value is -3.33. The predicted molar refractivity (Wildman–Crippen MR) is 111 cm³/mol. The first kappa shape index (κ1) is 23.0. The summed E-state index contributed by atoms with van der Waals surface area (Å²) in [6.45, 7) is 4.68. The standard InChI is InChI=1S/C20H22ClN3O6/c1-12(2)8-9-30-17-7-4-13(10-18(17)29-3)19(25)22-23-20(26)15-6-5-14(21)11-16(15)24(27)28/h4-7,10-12H,8-9H2,1-3H3,(H,22,25)(H,23,26). The predicted octanol–water partition coefficient (Wildman–Crippen LogP) is 3.76. The molecule has 0 unspecified atom stereocenters. The van der Waals surface area contributed by atoms with Gasteiger partial charge in [-0.3, -0.25) is 30.6 Å². The maximum Gasteiger partial charge on any atom is 0.283 e. The van der Waals surface area contributed by atoms with E-state index in [4.69, 9.17) is 21.1 Å². The summed E-state index contributed by atoms with van der Waals surface area (Å²) in [5.74, 6) is -0.137. The van der Waals surface area contributed by atoms with Crippen LogP contribution in [0.3, 0.4) is 0 Å². The van der Waals surface area contributed by atoms with Gasteiger partial charge in [0.15, 0.2) is 11.5 Å². The number of ether oxygens (including phenoxy) is 2. The third kappa shape index (κ3) is 6.08. The van der Waals surface area contributed by atoms with Crippen LogP contribution in [0.5, 0.6) is 11.5 Å². The summed E-state index contributed by atoms with van der Waals surface area (Å²) in [5.41, 5.74) is 3.86. The molecule has 2 rings (SSSR count).